The molecule has 0 radical (unpaired) electrons. The monoisotopic (exact) mass is 290 g/mol. The smallest absolute Gasteiger partial charge is 0.337 e. The standard InChI is InChI=1S/C12H7ClN4O3/c13-8-3-7(12(19)20)5-17-10(15-16-11(8)17)6-1-2-14-9(18)4-6/h1-5H,(H,14,18)(H,19,20). The maximum atomic E-state index is 11.3. The molecule has 0 saturated carbocycles. The first kappa shape index (κ1) is 12.4. The van der Waals surface area contributed by atoms with Gasteiger partial charge in [-0.05, 0) is 12.1 Å². The Kier molecular flexibility index (Phi) is 2.76. The summed E-state index contributed by atoms with van der Waals surface area (Å²) in [5, 5.41) is 17.1. The number of rotatable bonds is 2. The fraction of sp³-hybridized carbons (Fsp3) is 0. The minimum absolute atomic E-state index is 0.00777. The number of aromatic nitrogens is 4. The van der Waals surface area contributed by atoms with Gasteiger partial charge in [-0.3, -0.25) is 9.20 Å². The van der Waals surface area contributed by atoms with Crippen LogP contribution in [0.4, 0.5) is 0 Å². The van der Waals surface area contributed by atoms with Crippen LogP contribution in [0.1, 0.15) is 10.4 Å². The van der Waals surface area contributed by atoms with Crippen LogP contribution in [-0.2, 0) is 0 Å². The lowest BCUT2D eigenvalue weighted by Crippen LogP contribution is -2.04. The lowest BCUT2D eigenvalue weighted by atomic mass is 10.2. The van der Waals surface area contributed by atoms with Gasteiger partial charge in [0.2, 0.25) is 5.56 Å². The summed E-state index contributed by atoms with van der Waals surface area (Å²) >= 11 is 5.98. The highest BCUT2D eigenvalue weighted by atomic mass is 35.5. The number of fused-ring (bicyclic) bond motifs is 1. The second-order valence-corrected chi connectivity index (χ2v) is 4.45. The number of H-pyrrole nitrogens is 1. The Bertz CT molecular complexity index is 884. The number of pyridine rings is 2. The Hall–Kier alpha value is -2.67. The van der Waals surface area contributed by atoms with Gasteiger partial charge in [-0.2, -0.15) is 0 Å². The molecular formula is C12H7ClN4O3. The molecule has 0 aliphatic carbocycles. The molecule has 3 aromatic heterocycles. The maximum Gasteiger partial charge on any atom is 0.337 e. The molecule has 0 spiro atoms. The molecule has 7 nitrogen and oxygen atoms in total. The zero-order valence-corrected chi connectivity index (χ0v) is 10.6. The highest BCUT2D eigenvalue weighted by molar-refractivity contribution is 6.33. The number of aromatic carboxylic acids is 1. The maximum absolute atomic E-state index is 11.3. The van der Waals surface area contributed by atoms with Crippen LogP contribution in [0.2, 0.25) is 5.02 Å². The number of halogens is 1. The van der Waals surface area contributed by atoms with Crippen molar-refractivity contribution in [1.82, 2.24) is 19.6 Å². The van der Waals surface area contributed by atoms with Gasteiger partial charge in [0.1, 0.15) is 0 Å². The third-order valence-corrected chi connectivity index (χ3v) is 3.02. The predicted molar refractivity (Wildman–Crippen MR) is 71.0 cm³/mol. The Morgan fingerprint density at radius 2 is 2.15 bits per heavy atom. The van der Waals surface area contributed by atoms with Gasteiger partial charge in [-0.15, -0.1) is 10.2 Å². The van der Waals surface area contributed by atoms with Crippen LogP contribution >= 0.6 is 11.6 Å². The molecule has 0 amide bonds. The molecule has 3 aromatic rings. The van der Waals surface area contributed by atoms with Crippen molar-refractivity contribution in [2.75, 3.05) is 0 Å². The SMILES string of the molecule is O=C(O)c1cc(Cl)c2nnc(-c3cc[nH]c(=O)c3)n2c1. The Morgan fingerprint density at radius 3 is 2.85 bits per heavy atom. The van der Waals surface area contributed by atoms with Crippen molar-refractivity contribution in [2.24, 2.45) is 0 Å². The molecule has 0 fully saturated rings. The van der Waals surface area contributed by atoms with Crippen molar-refractivity contribution < 1.29 is 9.90 Å². The zero-order valence-electron chi connectivity index (χ0n) is 9.87. The molecule has 8 heteroatoms. The minimum Gasteiger partial charge on any atom is -0.478 e. The molecule has 0 aliphatic heterocycles. The van der Waals surface area contributed by atoms with Crippen molar-refractivity contribution in [3.63, 3.8) is 0 Å². The summed E-state index contributed by atoms with van der Waals surface area (Å²) in [6, 6.07) is 4.28. The number of hydrogen-bond donors (Lipinski definition) is 2. The van der Waals surface area contributed by atoms with Crippen molar-refractivity contribution in [3.05, 3.63) is 51.5 Å². The first-order chi connectivity index (χ1) is 9.56. The van der Waals surface area contributed by atoms with Crippen LogP contribution in [0.5, 0.6) is 0 Å². The summed E-state index contributed by atoms with van der Waals surface area (Å²) in [7, 11) is 0. The van der Waals surface area contributed by atoms with Gasteiger partial charge in [0, 0.05) is 24.0 Å². The molecule has 3 rings (SSSR count). The van der Waals surface area contributed by atoms with E-state index < -0.39 is 5.97 Å². The molecule has 0 saturated heterocycles. The zero-order chi connectivity index (χ0) is 14.3. The van der Waals surface area contributed by atoms with Gasteiger partial charge in [0.05, 0.1) is 10.6 Å². The van der Waals surface area contributed by atoms with Gasteiger partial charge in [0.25, 0.3) is 0 Å². The van der Waals surface area contributed by atoms with Crippen LogP contribution < -0.4 is 5.56 Å². The van der Waals surface area contributed by atoms with Crippen molar-refractivity contribution >= 4 is 23.2 Å². The lowest BCUT2D eigenvalue weighted by molar-refractivity contribution is 0.0696. The van der Waals surface area contributed by atoms with Crippen LogP contribution in [0.25, 0.3) is 17.0 Å². The second-order valence-electron chi connectivity index (χ2n) is 4.04. The first-order valence-electron chi connectivity index (χ1n) is 5.53. The van der Waals surface area contributed by atoms with E-state index in [-0.39, 0.29) is 16.1 Å². The van der Waals surface area contributed by atoms with Gasteiger partial charge >= 0.3 is 5.97 Å². The first-order valence-corrected chi connectivity index (χ1v) is 5.91. The lowest BCUT2D eigenvalue weighted by Gasteiger charge is -2.02. The molecule has 20 heavy (non-hydrogen) atoms. The van der Waals surface area contributed by atoms with Gasteiger partial charge in [-0.1, -0.05) is 11.6 Å². The predicted octanol–water partition coefficient (Wildman–Crippen LogP) is 1.44. The summed E-state index contributed by atoms with van der Waals surface area (Å²) in [5.41, 5.74) is 0.555. The molecule has 0 atom stereocenters. The number of carbonyl (C=O) groups is 1. The van der Waals surface area contributed by atoms with E-state index in [2.05, 4.69) is 15.2 Å². The topological polar surface area (TPSA) is 100 Å². The normalized spacial score (nSPS) is 10.8. The van der Waals surface area contributed by atoms with Gasteiger partial charge in [0.15, 0.2) is 11.5 Å². The Morgan fingerprint density at radius 1 is 1.35 bits per heavy atom. The van der Waals surface area contributed by atoms with E-state index in [4.69, 9.17) is 16.7 Å². The second kappa shape index (κ2) is 4.46. The van der Waals surface area contributed by atoms with Crippen molar-refractivity contribution in [2.45, 2.75) is 0 Å². The Balaban J connectivity index is 2.32. The van der Waals surface area contributed by atoms with E-state index in [1.165, 1.54) is 28.9 Å². The van der Waals surface area contributed by atoms with Crippen LogP contribution in [0.3, 0.4) is 0 Å². The molecule has 0 aromatic carbocycles. The fourth-order valence-electron chi connectivity index (χ4n) is 1.85. The van der Waals surface area contributed by atoms with E-state index >= 15 is 0 Å². The van der Waals surface area contributed by atoms with Crippen LogP contribution in [0, 0.1) is 0 Å². The van der Waals surface area contributed by atoms with E-state index in [1.54, 1.807) is 6.07 Å². The molecule has 3 heterocycles. The van der Waals surface area contributed by atoms with Crippen LogP contribution in [0.15, 0.2) is 35.4 Å². The third-order valence-electron chi connectivity index (χ3n) is 2.74. The average molecular weight is 291 g/mol. The Labute approximate surface area is 116 Å². The summed E-state index contributed by atoms with van der Waals surface area (Å²) < 4.78 is 1.44. The summed E-state index contributed by atoms with van der Waals surface area (Å²) in [6.45, 7) is 0. The highest BCUT2D eigenvalue weighted by Crippen LogP contribution is 2.23. The largest absolute Gasteiger partial charge is 0.478 e. The number of hydrogen-bond acceptors (Lipinski definition) is 4. The minimum atomic E-state index is -1.11. The molecule has 0 unspecified atom stereocenters. The molecular weight excluding hydrogens is 284 g/mol. The van der Waals surface area contributed by atoms with E-state index in [0.29, 0.717) is 17.0 Å². The van der Waals surface area contributed by atoms with E-state index in [0.717, 1.165) is 0 Å². The summed E-state index contributed by atoms with van der Waals surface area (Å²) in [5.74, 6) is -0.768. The van der Waals surface area contributed by atoms with Crippen molar-refractivity contribution in [1.29, 1.82) is 0 Å². The van der Waals surface area contributed by atoms with Gasteiger partial charge in [-0.25, -0.2) is 4.79 Å². The number of aromatic amines is 1. The third kappa shape index (κ3) is 1.94. The fourth-order valence-corrected chi connectivity index (χ4v) is 2.10. The molecule has 0 aliphatic rings. The van der Waals surface area contributed by atoms with E-state index in [1.807, 2.05) is 0 Å². The van der Waals surface area contributed by atoms with E-state index in [9.17, 15) is 9.59 Å². The quantitative estimate of drug-likeness (QED) is 0.744. The number of carboxylic acid groups (broad SMARTS) is 1. The number of nitrogens with one attached hydrogen (secondary N) is 1. The average Bonchev–Trinajstić information content (AvgIpc) is 2.83. The number of nitrogens with zero attached hydrogens (tertiary/aromatic N) is 3. The molecule has 100 valence electrons. The van der Waals surface area contributed by atoms with Crippen LogP contribution in [-0.4, -0.2) is 30.7 Å². The molecule has 0 bridgehead atoms. The number of carboxylic acids is 1. The summed E-state index contributed by atoms with van der Waals surface area (Å²) in [6.07, 6.45) is 2.83. The van der Waals surface area contributed by atoms with Gasteiger partial charge < -0.3 is 10.1 Å². The summed E-state index contributed by atoms with van der Waals surface area (Å²) in [4.78, 5) is 24.9. The molecule has 2 N–H and O–H groups in total. The highest BCUT2D eigenvalue weighted by Gasteiger charge is 2.14. The van der Waals surface area contributed by atoms with Crippen molar-refractivity contribution in [3.8, 4) is 11.4 Å².